The van der Waals surface area contributed by atoms with Crippen molar-refractivity contribution < 1.29 is 40.7 Å². The molecule has 10 rings (SSSR count). The Morgan fingerprint density at radius 3 is 1.58 bits per heavy atom. The molecule has 3 N–H and O–H groups in total. The van der Waals surface area contributed by atoms with Gasteiger partial charge in [-0.3, -0.25) is 14.3 Å². The fourth-order valence-corrected chi connectivity index (χ4v) is 13.2. The average molecular weight is 1160 g/mol. The van der Waals surface area contributed by atoms with Crippen molar-refractivity contribution in [3.63, 3.8) is 0 Å². The third-order valence-corrected chi connectivity index (χ3v) is 17.8. The summed E-state index contributed by atoms with van der Waals surface area (Å²) in [7, 11) is -4.13. The molecular formula is C49H68BrN12O8S4+. The second-order valence-electron chi connectivity index (χ2n) is 18.7. The third-order valence-electron chi connectivity index (χ3n) is 13.2. The number of nitrogens with zero attached hydrogens (tertiary/aromatic N) is 9. The number of aromatic nitrogens is 6. The lowest BCUT2D eigenvalue weighted by Gasteiger charge is -2.28. The minimum absolute atomic E-state index is 0.186. The minimum Gasteiger partial charge on any atom is -0.480 e. The number of quaternary nitrogens is 1. The molecule has 0 aromatic carbocycles. The Labute approximate surface area is 450 Å². The van der Waals surface area contributed by atoms with E-state index in [1.165, 1.54) is 82.8 Å². The first-order chi connectivity index (χ1) is 35.5. The zero-order valence-electron chi connectivity index (χ0n) is 43.3. The predicted molar refractivity (Wildman–Crippen MR) is 299 cm³/mol. The molecule has 4 saturated heterocycles. The standard InChI is InChI=1S/C24H32N6O4S2.C18H20BrN5O4S2.C7H15N/c1-16-18(15-29-7-5-4-6-8-29)21-22(35-16)20(26-24(27-21)30-9-11-34-12-10-30)17-13-19(28-36(3,31)32)23(33-2)25-14-17;1-10-13(19)15-16(29-10)14(21-18(22-15)24-4-6-28-7-5-24)11-8-12(23-30(3,25)26)17(27-2)20-9-11;1-2-8-6-4-3-5-7-8/h13-14,28H,4-12,15H2,1-3H3;8-9,23H,4-7H2,1-3H3;2-7H2,1H3/p+1. The van der Waals surface area contributed by atoms with Gasteiger partial charge >= 0.3 is 0 Å². The molecular weight excluding hydrogens is 1090 g/mol. The van der Waals surface area contributed by atoms with Gasteiger partial charge < -0.3 is 33.6 Å². The molecule has 4 fully saturated rings. The highest BCUT2D eigenvalue weighted by atomic mass is 79.9. The lowest BCUT2D eigenvalue weighted by atomic mass is 10.1. The van der Waals surface area contributed by atoms with Gasteiger partial charge in [-0.2, -0.15) is 0 Å². The highest BCUT2D eigenvalue weighted by molar-refractivity contribution is 9.10. The van der Waals surface area contributed by atoms with Crippen LogP contribution in [0.4, 0.5) is 23.3 Å². The molecule has 25 heteroatoms. The number of morpholine rings is 2. The number of fused-ring (bicyclic) bond motifs is 2. The van der Waals surface area contributed by atoms with Crippen molar-refractivity contribution in [2.75, 3.05) is 131 Å². The van der Waals surface area contributed by atoms with Crippen molar-refractivity contribution in [3.05, 3.63) is 44.3 Å². The summed E-state index contributed by atoms with van der Waals surface area (Å²) in [5, 5.41) is 0. The number of methoxy groups -OCH3 is 2. The molecule has 4 aliphatic rings. The number of likely N-dealkylation sites (tertiary alicyclic amines) is 2. The fourth-order valence-electron chi connectivity index (χ4n) is 9.34. The average Bonchev–Trinajstić information content (AvgIpc) is 3.88. The number of nitrogens with one attached hydrogen (secondary N) is 3. The first-order valence-electron chi connectivity index (χ1n) is 25.0. The van der Waals surface area contributed by atoms with Gasteiger partial charge in [0.2, 0.25) is 43.7 Å². The summed E-state index contributed by atoms with van der Waals surface area (Å²) >= 11 is 6.89. The number of ether oxygens (including phenoxy) is 4. The van der Waals surface area contributed by atoms with Gasteiger partial charge in [-0.15, -0.1) is 22.7 Å². The Morgan fingerprint density at radius 1 is 0.662 bits per heavy atom. The summed E-state index contributed by atoms with van der Waals surface area (Å²) in [5.41, 5.74) is 6.35. The number of hydrogen-bond donors (Lipinski definition) is 3. The molecule has 0 atom stereocenters. The van der Waals surface area contributed by atoms with Crippen LogP contribution in [0.3, 0.4) is 0 Å². The monoisotopic (exact) mass is 1160 g/mol. The first-order valence-corrected chi connectivity index (χ1v) is 31.3. The van der Waals surface area contributed by atoms with Crippen LogP contribution in [0.2, 0.25) is 0 Å². The zero-order valence-corrected chi connectivity index (χ0v) is 48.1. The van der Waals surface area contributed by atoms with E-state index < -0.39 is 20.0 Å². The summed E-state index contributed by atoms with van der Waals surface area (Å²) in [6.45, 7) is 19.0. The van der Waals surface area contributed by atoms with E-state index in [2.05, 4.69) is 63.9 Å². The van der Waals surface area contributed by atoms with Crippen LogP contribution in [0.25, 0.3) is 42.9 Å². The molecule has 0 spiro atoms. The number of hydrogen-bond acceptors (Lipinski definition) is 19. The summed E-state index contributed by atoms with van der Waals surface area (Å²) in [6, 6.07) is 3.41. The molecule has 0 amide bonds. The number of rotatable bonds is 13. The Bertz CT molecular complexity index is 3120. The van der Waals surface area contributed by atoms with Crippen LogP contribution in [-0.2, 0) is 36.1 Å². The molecule has 4 aliphatic heterocycles. The SMILES string of the molecule is CC[NH+]1CCCCC1.COc1ncc(-c2nc(N3CCOCC3)nc3c(Br)c(C)sc23)cc1NS(C)(=O)=O.COc1ncc(-c2nc(N3CCOCC3)nc3c(CN4CCCCC4)c(C)sc23)cc1NS(C)(=O)=O. The number of sulfonamides is 2. The normalized spacial score (nSPS) is 17.1. The molecule has 0 bridgehead atoms. The second kappa shape index (κ2) is 25.0. The largest absolute Gasteiger partial charge is 0.480 e. The van der Waals surface area contributed by atoms with Crippen LogP contribution in [0.5, 0.6) is 11.8 Å². The molecule has 10 heterocycles. The number of halogens is 1. The molecule has 74 heavy (non-hydrogen) atoms. The molecule has 402 valence electrons. The van der Waals surface area contributed by atoms with Crippen molar-refractivity contribution in [1.29, 1.82) is 0 Å². The molecule has 6 aromatic heterocycles. The Balaban J connectivity index is 0.000000173. The lowest BCUT2D eigenvalue weighted by molar-refractivity contribution is -0.903. The van der Waals surface area contributed by atoms with Gasteiger partial charge in [-0.25, -0.2) is 46.7 Å². The summed E-state index contributed by atoms with van der Waals surface area (Å²) in [4.78, 5) is 39.2. The lowest BCUT2D eigenvalue weighted by Crippen LogP contribution is -3.12. The fraction of sp³-hybridized carbons (Fsp3) is 0.551. The Morgan fingerprint density at radius 2 is 1.12 bits per heavy atom. The summed E-state index contributed by atoms with van der Waals surface area (Å²) < 4.78 is 76.9. The van der Waals surface area contributed by atoms with E-state index >= 15 is 0 Å². The van der Waals surface area contributed by atoms with Crippen LogP contribution in [-0.4, -0.2) is 164 Å². The van der Waals surface area contributed by atoms with E-state index in [0.29, 0.717) is 68.2 Å². The van der Waals surface area contributed by atoms with Gasteiger partial charge in [-0.1, -0.05) is 6.42 Å². The van der Waals surface area contributed by atoms with Crippen LogP contribution in [0.15, 0.2) is 29.0 Å². The number of aryl methyl sites for hydroxylation is 2. The van der Waals surface area contributed by atoms with E-state index in [0.717, 1.165) is 80.7 Å². The van der Waals surface area contributed by atoms with Crippen molar-refractivity contribution >= 4 is 102 Å². The number of piperidine rings is 2. The molecule has 0 saturated carbocycles. The predicted octanol–water partition coefficient (Wildman–Crippen LogP) is 6.38. The first kappa shape index (κ1) is 55.6. The van der Waals surface area contributed by atoms with Crippen LogP contribution >= 0.6 is 38.6 Å². The second-order valence-corrected chi connectivity index (χ2v) is 25.5. The van der Waals surface area contributed by atoms with Gasteiger partial charge in [-0.05, 0) is 94.0 Å². The molecule has 6 aromatic rings. The molecule has 20 nitrogen and oxygen atoms in total. The van der Waals surface area contributed by atoms with E-state index in [1.807, 2.05) is 6.92 Å². The topological polar surface area (TPSA) is 221 Å². The maximum absolute atomic E-state index is 12.0. The van der Waals surface area contributed by atoms with Gasteiger partial charge in [0.05, 0.1) is 104 Å². The highest BCUT2D eigenvalue weighted by Crippen LogP contribution is 2.42. The molecule has 0 unspecified atom stereocenters. The number of anilines is 4. The van der Waals surface area contributed by atoms with Gasteiger partial charge in [0, 0.05) is 71.6 Å². The van der Waals surface area contributed by atoms with Gasteiger partial charge in [0.15, 0.2) is 0 Å². The minimum atomic E-state index is -3.52. The van der Waals surface area contributed by atoms with Crippen molar-refractivity contribution in [1.82, 2.24) is 34.8 Å². The quantitative estimate of drug-likeness (QED) is 0.114. The van der Waals surface area contributed by atoms with Crippen molar-refractivity contribution in [2.24, 2.45) is 0 Å². The van der Waals surface area contributed by atoms with Gasteiger partial charge in [0.25, 0.3) is 0 Å². The molecule has 0 aliphatic carbocycles. The number of thiophene rings is 2. The Kier molecular flexibility index (Phi) is 18.8. The highest BCUT2D eigenvalue weighted by Gasteiger charge is 2.26. The number of pyridine rings is 2. The van der Waals surface area contributed by atoms with Crippen molar-refractivity contribution in [3.8, 4) is 34.3 Å². The van der Waals surface area contributed by atoms with Gasteiger partial charge in [0.1, 0.15) is 16.9 Å². The van der Waals surface area contributed by atoms with E-state index in [1.54, 1.807) is 52.1 Å². The third kappa shape index (κ3) is 14.1. The maximum atomic E-state index is 12.0. The summed E-state index contributed by atoms with van der Waals surface area (Å²) in [5.74, 6) is 1.65. The Hall–Kier alpha value is -4.60. The van der Waals surface area contributed by atoms with Crippen LogP contribution in [0.1, 0.15) is 60.8 Å². The van der Waals surface area contributed by atoms with Crippen molar-refractivity contribution in [2.45, 2.75) is 65.8 Å². The van der Waals surface area contributed by atoms with E-state index in [4.69, 9.17) is 38.9 Å². The smallest absolute Gasteiger partial charge is 0.238 e. The van der Waals surface area contributed by atoms with E-state index in [9.17, 15) is 16.8 Å². The van der Waals surface area contributed by atoms with Crippen LogP contribution in [0, 0.1) is 13.8 Å². The zero-order chi connectivity index (χ0) is 52.6. The molecule has 0 radical (unpaired) electrons. The van der Waals surface area contributed by atoms with E-state index in [-0.39, 0.29) is 23.1 Å². The van der Waals surface area contributed by atoms with Crippen LogP contribution < -0.4 is 33.6 Å². The maximum Gasteiger partial charge on any atom is 0.238 e. The summed E-state index contributed by atoms with van der Waals surface area (Å²) in [6.07, 6.45) is 13.6.